The summed E-state index contributed by atoms with van der Waals surface area (Å²) in [5.41, 5.74) is 1.33. The Bertz CT molecular complexity index is 1610. The van der Waals surface area contributed by atoms with Crippen LogP contribution < -0.4 is 10.9 Å². The molecule has 0 spiro atoms. The lowest BCUT2D eigenvalue weighted by Crippen LogP contribution is -2.25. The van der Waals surface area contributed by atoms with Crippen molar-refractivity contribution in [3.63, 3.8) is 0 Å². The Morgan fingerprint density at radius 1 is 1.06 bits per heavy atom. The van der Waals surface area contributed by atoms with E-state index in [-0.39, 0.29) is 28.4 Å². The second kappa shape index (κ2) is 8.83. The van der Waals surface area contributed by atoms with E-state index in [2.05, 4.69) is 20.4 Å². The van der Waals surface area contributed by atoms with Gasteiger partial charge in [-0.3, -0.25) is 14.6 Å². The Kier molecular flexibility index (Phi) is 5.56. The first-order valence-electron chi connectivity index (χ1n) is 10.4. The number of hydrogen-bond acceptors (Lipinski definition) is 8. The van der Waals surface area contributed by atoms with Crippen molar-refractivity contribution in [1.82, 2.24) is 19.7 Å². The second-order valence-electron chi connectivity index (χ2n) is 7.17. The number of nitrogens with zero attached hydrogens (tertiary/aromatic N) is 4. The first-order valence-corrected chi connectivity index (χ1v) is 11.2. The number of para-hydroxylation sites is 3. The second-order valence-corrected chi connectivity index (χ2v) is 8.05. The van der Waals surface area contributed by atoms with Gasteiger partial charge < -0.3 is 10.1 Å². The minimum absolute atomic E-state index is 0.0115. The SMILES string of the molecule is CCOC(=O)c1nn(-c2ccccc2)c(=O)c2c(NC(=O)c3cnc4ccccc4n3)scc12. The van der Waals surface area contributed by atoms with Gasteiger partial charge in [0, 0.05) is 10.8 Å². The molecule has 3 heterocycles. The van der Waals surface area contributed by atoms with Crippen LogP contribution in [-0.4, -0.2) is 38.2 Å². The molecule has 0 saturated heterocycles. The standard InChI is InChI=1S/C24H17N5O4S/c1-2-33-24(32)20-15-13-34-22(19(15)23(31)29(28-20)14-8-4-3-5-9-14)27-21(30)18-12-25-16-10-6-7-11-17(16)26-18/h3-13H,2H2,1H3,(H,27,30). The summed E-state index contributed by atoms with van der Waals surface area (Å²) in [6, 6.07) is 15.9. The molecular weight excluding hydrogens is 454 g/mol. The number of hydrogen-bond donors (Lipinski definition) is 1. The molecule has 0 aliphatic rings. The Balaban J connectivity index is 1.62. The third-order valence-electron chi connectivity index (χ3n) is 5.03. The molecule has 0 bridgehead atoms. The summed E-state index contributed by atoms with van der Waals surface area (Å²) < 4.78 is 6.28. The molecule has 0 atom stereocenters. The van der Waals surface area contributed by atoms with E-state index in [1.807, 2.05) is 6.07 Å². The van der Waals surface area contributed by atoms with Crippen LogP contribution >= 0.6 is 11.3 Å². The molecule has 1 amide bonds. The molecule has 34 heavy (non-hydrogen) atoms. The van der Waals surface area contributed by atoms with Gasteiger partial charge in [-0.25, -0.2) is 9.78 Å². The van der Waals surface area contributed by atoms with Crippen LogP contribution in [0.15, 0.2) is 71.0 Å². The van der Waals surface area contributed by atoms with Crippen molar-refractivity contribution in [3.05, 3.63) is 87.9 Å². The molecule has 10 heteroatoms. The monoisotopic (exact) mass is 471 g/mol. The first-order chi connectivity index (χ1) is 16.6. The van der Waals surface area contributed by atoms with E-state index in [1.54, 1.807) is 60.8 Å². The van der Waals surface area contributed by atoms with Gasteiger partial charge in [-0.15, -0.1) is 11.3 Å². The molecule has 9 nitrogen and oxygen atoms in total. The van der Waals surface area contributed by atoms with Gasteiger partial charge >= 0.3 is 5.97 Å². The number of carbonyl (C=O) groups excluding carboxylic acids is 2. The fraction of sp³-hybridized carbons (Fsp3) is 0.0833. The Labute approximate surface area is 196 Å². The van der Waals surface area contributed by atoms with E-state index in [0.29, 0.717) is 22.1 Å². The number of thiophene rings is 1. The quantitative estimate of drug-likeness (QED) is 0.387. The van der Waals surface area contributed by atoms with Crippen molar-refractivity contribution in [2.75, 3.05) is 11.9 Å². The van der Waals surface area contributed by atoms with Crippen LogP contribution in [0.2, 0.25) is 0 Å². The third-order valence-corrected chi connectivity index (χ3v) is 5.93. The van der Waals surface area contributed by atoms with Crippen LogP contribution in [0, 0.1) is 0 Å². The lowest BCUT2D eigenvalue weighted by Gasteiger charge is -2.10. The highest BCUT2D eigenvalue weighted by atomic mass is 32.1. The summed E-state index contributed by atoms with van der Waals surface area (Å²) in [7, 11) is 0. The molecule has 0 unspecified atom stereocenters. The van der Waals surface area contributed by atoms with E-state index in [9.17, 15) is 14.4 Å². The zero-order chi connectivity index (χ0) is 23.7. The summed E-state index contributed by atoms with van der Waals surface area (Å²) in [5.74, 6) is -1.18. The van der Waals surface area contributed by atoms with Crippen LogP contribution in [0.5, 0.6) is 0 Å². The number of anilines is 1. The molecule has 0 aliphatic heterocycles. The maximum Gasteiger partial charge on any atom is 0.359 e. The maximum atomic E-state index is 13.4. The maximum absolute atomic E-state index is 13.4. The average Bonchev–Trinajstić information content (AvgIpc) is 3.28. The van der Waals surface area contributed by atoms with E-state index in [0.717, 1.165) is 16.0 Å². The van der Waals surface area contributed by atoms with Crippen LogP contribution in [0.3, 0.4) is 0 Å². The summed E-state index contributed by atoms with van der Waals surface area (Å²) in [5, 5.41) is 9.37. The molecule has 168 valence electrons. The average molecular weight is 471 g/mol. The van der Waals surface area contributed by atoms with Gasteiger partial charge in [0.15, 0.2) is 5.69 Å². The zero-order valence-corrected chi connectivity index (χ0v) is 18.7. The van der Waals surface area contributed by atoms with Crippen molar-refractivity contribution in [2.45, 2.75) is 6.92 Å². The van der Waals surface area contributed by atoms with Crippen molar-refractivity contribution in [2.24, 2.45) is 0 Å². The Morgan fingerprint density at radius 2 is 1.79 bits per heavy atom. The molecule has 0 aliphatic carbocycles. The van der Waals surface area contributed by atoms with E-state index in [1.165, 1.54) is 6.20 Å². The fourth-order valence-corrected chi connectivity index (χ4v) is 4.40. The molecule has 0 saturated carbocycles. The van der Waals surface area contributed by atoms with Gasteiger partial charge in [0.25, 0.3) is 11.5 Å². The zero-order valence-electron chi connectivity index (χ0n) is 17.9. The third kappa shape index (κ3) is 3.80. The number of rotatable bonds is 5. The number of ether oxygens (including phenoxy) is 1. The number of nitrogens with one attached hydrogen (secondary N) is 1. The molecule has 3 aromatic heterocycles. The number of benzene rings is 2. The number of carbonyl (C=O) groups is 2. The smallest absolute Gasteiger partial charge is 0.359 e. The largest absolute Gasteiger partial charge is 0.461 e. The van der Waals surface area contributed by atoms with Crippen LogP contribution in [0.4, 0.5) is 5.00 Å². The normalized spacial score (nSPS) is 11.0. The predicted molar refractivity (Wildman–Crippen MR) is 129 cm³/mol. The van der Waals surface area contributed by atoms with Crippen LogP contribution in [0.25, 0.3) is 27.5 Å². The number of aromatic nitrogens is 4. The predicted octanol–water partition coefficient (Wildman–Crippen LogP) is 3.82. The molecule has 2 aromatic carbocycles. The minimum Gasteiger partial charge on any atom is -0.461 e. The number of amides is 1. The van der Waals surface area contributed by atoms with Crippen molar-refractivity contribution in [1.29, 1.82) is 0 Å². The fourth-order valence-electron chi connectivity index (χ4n) is 3.47. The van der Waals surface area contributed by atoms with Gasteiger partial charge in [-0.05, 0) is 31.2 Å². The van der Waals surface area contributed by atoms with Crippen LogP contribution in [0.1, 0.15) is 27.9 Å². The highest BCUT2D eigenvalue weighted by molar-refractivity contribution is 7.16. The number of fused-ring (bicyclic) bond motifs is 2. The minimum atomic E-state index is -0.659. The summed E-state index contributed by atoms with van der Waals surface area (Å²) in [6.45, 7) is 1.84. The summed E-state index contributed by atoms with van der Waals surface area (Å²) >= 11 is 1.12. The van der Waals surface area contributed by atoms with Gasteiger partial charge in [-0.2, -0.15) is 9.78 Å². The summed E-state index contributed by atoms with van der Waals surface area (Å²) in [6.07, 6.45) is 1.38. The summed E-state index contributed by atoms with van der Waals surface area (Å²) in [4.78, 5) is 47.6. The number of esters is 1. The van der Waals surface area contributed by atoms with Crippen molar-refractivity contribution >= 4 is 50.0 Å². The van der Waals surface area contributed by atoms with Gasteiger partial charge in [0.1, 0.15) is 10.7 Å². The highest BCUT2D eigenvalue weighted by Gasteiger charge is 2.23. The highest BCUT2D eigenvalue weighted by Crippen LogP contribution is 2.31. The lowest BCUT2D eigenvalue weighted by atomic mass is 10.2. The van der Waals surface area contributed by atoms with Crippen LogP contribution in [-0.2, 0) is 4.74 Å². The molecule has 0 radical (unpaired) electrons. The van der Waals surface area contributed by atoms with Crippen molar-refractivity contribution < 1.29 is 14.3 Å². The van der Waals surface area contributed by atoms with Gasteiger partial charge in [-0.1, -0.05) is 30.3 Å². The molecule has 5 aromatic rings. The first kappa shape index (κ1) is 21.4. The van der Waals surface area contributed by atoms with Gasteiger partial charge in [0.05, 0.1) is 34.9 Å². The van der Waals surface area contributed by atoms with E-state index < -0.39 is 17.4 Å². The molecule has 1 N–H and O–H groups in total. The topological polar surface area (TPSA) is 116 Å². The Morgan fingerprint density at radius 3 is 2.56 bits per heavy atom. The van der Waals surface area contributed by atoms with Crippen molar-refractivity contribution in [3.8, 4) is 5.69 Å². The van der Waals surface area contributed by atoms with Gasteiger partial charge in [0.2, 0.25) is 0 Å². The Hall–Kier alpha value is -4.44. The molecule has 5 rings (SSSR count). The van der Waals surface area contributed by atoms with E-state index >= 15 is 0 Å². The molecular formula is C24H17N5O4S. The van der Waals surface area contributed by atoms with E-state index in [4.69, 9.17) is 4.74 Å². The molecule has 0 fully saturated rings. The lowest BCUT2D eigenvalue weighted by molar-refractivity contribution is 0.0520.